The van der Waals surface area contributed by atoms with E-state index in [9.17, 15) is 0 Å². The van der Waals surface area contributed by atoms with Gasteiger partial charge in [-0.3, -0.25) is 0 Å². The van der Waals surface area contributed by atoms with Gasteiger partial charge in [0.05, 0.1) is 12.3 Å². The lowest BCUT2D eigenvalue weighted by Gasteiger charge is -2.13. The van der Waals surface area contributed by atoms with Crippen molar-refractivity contribution in [1.82, 2.24) is 0 Å². The van der Waals surface area contributed by atoms with Gasteiger partial charge < -0.3 is 10.1 Å². The summed E-state index contributed by atoms with van der Waals surface area (Å²) in [5, 5.41) is 3.44. The second kappa shape index (κ2) is 7.34. The smallest absolute Gasteiger partial charge is 0.142 e. The van der Waals surface area contributed by atoms with Crippen LogP contribution in [0, 0.1) is 6.92 Å². The fourth-order valence-corrected chi connectivity index (χ4v) is 2.57. The summed E-state index contributed by atoms with van der Waals surface area (Å²) in [5.74, 6) is 0.914. The third-order valence-corrected chi connectivity index (χ3v) is 3.76. The van der Waals surface area contributed by atoms with Crippen LogP contribution in [-0.2, 0) is 6.54 Å². The number of hydrogen-bond acceptors (Lipinski definition) is 2. The van der Waals surface area contributed by atoms with Crippen molar-refractivity contribution in [1.29, 1.82) is 0 Å². The predicted octanol–water partition coefficient (Wildman–Crippen LogP) is 5.16. The highest BCUT2D eigenvalue weighted by atomic mass is 79.9. The van der Waals surface area contributed by atoms with Gasteiger partial charge in [0.15, 0.2) is 0 Å². The van der Waals surface area contributed by atoms with Crippen LogP contribution in [0.2, 0.25) is 0 Å². The van der Waals surface area contributed by atoms with E-state index in [1.165, 1.54) is 11.1 Å². The number of anilines is 1. The van der Waals surface area contributed by atoms with Crippen molar-refractivity contribution >= 4 is 21.6 Å². The average molecular weight is 334 g/mol. The minimum atomic E-state index is 0.743. The maximum atomic E-state index is 5.75. The molecule has 0 aromatic heterocycles. The molecule has 2 nitrogen and oxygen atoms in total. The first-order valence-corrected chi connectivity index (χ1v) is 7.70. The zero-order valence-corrected chi connectivity index (χ0v) is 13.5. The van der Waals surface area contributed by atoms with Crippen LogP contribution < -0.4 is 10.1 Å². The summed E-state index contributed by atoms with van der Waals surface area (Å²) in [6.07, 6.45) is 1.01. The third-order valence-electron chi connectivity index (χ3n) is 3.03. The number of halogens is 1. The van der Waals surface area contributed by atoms with Crippen LogP contribution in [0.25, 0.3) is 0 Å². The van der Waals surface area contributed by atoms with Crippen LogP contribution in [0.4, 0.5) is 5.69 Å². The Morgan fingerprint density at radius 3 is 2.70 bits per heavy atom. The van der Waals surface area contributed by atoms with Crippen molar-refractivity contribution in [2.45, 2.75) is 26.8 Å². The molecule has 2 aromatic rings. The van der Waals surface area contributed by atoms with Gasteiger partial charge in [-0.25, -0.2) is 0 Å². The largest absolute Gasteiger partial charge is 0.491 e. The molecule has 0 atom stereocenters. The van der Waals surface area contributed by atoms with Crippen molar-refractivity contribution in [3.8, 4) is 5.75 Å². The first-order valence-electron chi connectivity index (χ1n) is 6.91. The van der Waals surface area contributed by atoms with Gasteiger partial charge in [0.2, 0.25) is 0 Å². The number of nitrogens with one attached hydrogen (secondary N) is 1. The highest BCUT2D eigenvalue weighted by Gasteiger charge is 2.04. The summed E-state index contributed by atoms with van der Waals surface area (Å²) >= 11 is 3.61. The molecule has 0 spiro atoms. The van der Waals surface area contributed by atoms with Gasteiger partial charge in [-0.1, -0.05) is 47.1 Å². The van der Waals surface area contributed by atoms with Crippen LogP contribution in [0.15, 0.2) is 46.9 Å². The summed E-state index contributed by atoms with van der Waals surface area (Å²) in [6, 6.07) is 14.5. The van der Waals surface area contributed by atoms with Gasteiger partial charge in [0.1, 0.15) is 5.75 Å². The van der Waals surface area contributed by atoms with E-state index in [1.807, 2.05) is 24.3 Å². The van der Waals surface area contributed by atoms with Gasteiger partial charge in [-0.15, -0.1) is 0 Å². The van der Waals surface area contributed by atoms with Crippen molar-refractivity contribution in [2.75, 3.05) is 11.9 Å². The summed E-state index contributed by atoms with van der Waals surface area (Å²) in [5.41, 5.74) is 3.53. The first-order chi connectivity index (χ1) is 9.70. The van der Waals surface area contributed by atoms with Crippen LogP contribution in [0.1, 0.15) is 24.5 Å². The normalized spacial score (nSPS) is 10.3. The molecule has 0 bridgehead atoms. The fourth-order valence-electron chi connectivity index (χ4n) is 1.94. The SMILES string of the molecule is CCCOc1ccccc1NCc1ccc(C)cc1Br. The quantitative estimate of drug-likeness (QED) is 0.788. The van der Waals surface area contributed by atoms with E-state index >= 15 is 0 Å². The third kappa shape index (κ3) is 4.01. The fraction of sp³-hybridized carbons (Fsp3) is 0.294. The highest BCUT2D eigenvalue weighted by Crippen LogP contribution is 2.26. The number of para-hydroxylation sites is 2. The summed E-state index contributed by atoms with van der Waals surface area (Å²) in [6.45, 7) is 5.72. The van der Waals surface area contributed by atoms with Crippen molar-refractivity contribution < 1.29 is 4.74 Å². The summed E-state index contributed by atoms with van der Waals surface area (Å²) in [7, 11) is 0. The van der Waals surface area contributed by atoms with E-state index in [1.54, 1.807) is 0 Å². The monoisotopic (exact) mass is 333 g/mol. The second-order valence-electron chi connectivity index (χ2n) is 4.79. The van der Waals surface area contributed by atoms with E-state index in [2.05, 4.69) is 53.3 Å². The van der Waals surface area contributed by atoms with E-state index in [-0.39, 0.29) is 0 Å². The zero-order valence-electron chi connectivity index (χ0n) is 11.9. The molecule has 106 valence electrons. The van der Waals surface area contributed by atoms with Gasteiger partial charge >= 0.3 is 0 Å². The molecule has 0 saturated carbocycles. The molecule has 0 aliphatic carbocycles. The Hall–Kier alpha value is -1.48. The lowest BCUT2D eigenvalue weighted by atomic mass is 10.1. The number of aryl methyl sites for hydroxylation is 1. The Morgan fingerprint density at radius 2 is 1.95 bits per heavy atom. The molecular formula is C17H20BrNO. The lowest BCUT2D eigenvalue weighted by molar-refractivity contribution is 0.319. The maximum absolute atomic E-state index is 5.75. The number of ether oxygens (including phenoxy) is 1. The molecule has 0 unspecified atom stereocenters. The maximum Gasteiger partial charge on any atom is 0.142 e. The molecule has 1 N–H and O–H groups in total. The topological polar surface area (TPSA) is 21.3 Å². The molecule has 0 amide bonds. The minimum Gasteiger partial charge on any atom is -0.491 e. The van der Waals surface area contributed by atoms with Crippen LogP contribution in [0.3, 0.4) is 0 Å². The zero-order chi connectivity index (χ0) is 14.4. The predicted molar refractivity (Wildman–Crippen MR) is 88.4 cm³/mol. The molecule has 0 fully saturated rings. The van der Waals surface area contributed by atoms with E-state index < -0.39 is 0 Å². The van der Waals surface area contributed by atoms with Crippen molar-refractivity contribution in [3.05, 3.63) is 58.1 Å². The molecular weight excluding hydrogens is 314 g/mol. The molecule has 0 aliphatic heterocycles. The number of hydrogen-bond donors (Lipinski definition) is 1. The van der Waals surface area contributed by atoms with Crippen molar-refractivity contribution in [2.24, 2.45) is 0 Å². The van der Waals surface area contributed by atoms with Crippen LogP contribution in [-0.4, -0.2) is 6.61 Å². The van der Waals surface area contributed by atoms with E-state index in [0.717, 1.165) is 35.5 Å². The molecule has 2 aromatic carbocycles. The molecule has 2 rings (SSSR count). The first kappa shape index (κ1) is 14.9. The highest BCUT2D eigenvalue weighted by molar-refractivity contribution is 9.10. The van der Waals surface area contributed by atoms with Gasteiger partial charge in [0.25, 0.3) is 0 Å². The molecule has 0 aliphatic rings. The number of rotatable bonds is 6. The minimum absolute atomic E-state index is 0.743. The number of benzene rings is 2. The Morgan fingerprint density at radius 1 is 1.15 bits per heavy atom. The second-order valence-corrected chi connectivity index (χ2v) is 5.65. The van der Waals surface area contributed by atoms with E-state index in [0.29, 0.717) is 0 Å². The average Bonchev–Trinajstić information content (AvgIpc) is 2.45. The standard InChI is InChI=1S/C17H20BrNO/c1-3-10-20-17-7-5-4-6-16(17)19-12-14-9-8-13(2)11-15(14)18/h4-9,11,19H,3,10,12H2,1-2H3. The Balaban J connectivity index is 2.06. The van der Waals surface area contributed by atoms with Gasteiger partial charge in [0, 0.05) is 11.0 Å². The Kier molecular flexibility index (Phi) is 5.48. The van der Waals surface area contributed by atoms with E-state index in [4.69, 9.17) is 4.74 Å². The lowest BCUT2D eigenvalue weighted by Crippen LogP contribution is -2.04. The Labute approximate surface area is 129 Å². The van der Waals surface area contributed by atoms with Gasteiger partial charge in [-0.05, 0) is 42.7 Å². The summed E-state index contributed by atoms with van der Waals surface area (Å²) < 4.78 is 6.89. The molecule has 0 saturated heterocycles. The van der Waals surface area contributed by atoms with Crippen molar-refractivity contribution in [3.63, 3.8) is 0 Å². The molecule has 0 heterocycles. The van der Waals surface area contributed by atoms with Crippen LogP contribution >= 0.6 is 15.9 Å². The summed E-state index contributed by atoms with van der Waals surface area (Å²) in [4.78, 5) is 0. The van der Waals surface area contributed by atoms with Crippen LogP contribution in [0.5, 0.6) is 5.75 Å². The molecule has 3 heteroatoms. The van der Waals surface area contributed by atoms with Gasteiger partial charge in [-0.2, -0.15) is 0 Å². The molecule has 0 radical (unpaired) electrons. The Bertz CT molecular complexity index is 569. The molecule has 20 heavy (non-hydrogen) atoms.